The van der Waals surface area contributed by atoms with Crippen molar-refractivity contribution in [3.05, 3.63) is 123 Å². The predicted octanol–water partition coefficient (Wildman–Crippen LogP) is 6.38. The van der Waals surface area contributed by atoms with E-state index in [1.807, 2.05) is 62.4 Å². The summed E-state index contributed by atoms with van der Waals surface area (Å²) in [6, 6.07) is 24.1. The molecule has 5 heteroatoms. The second kappa shape index (κ2) is 8.20. The van der Waals surface area contributed by atoms with E-state index < -0.39 is 0 Å². The number of hydrogen-bond acceptors (Lipinski definition) is 4. The van der Waals surface area contributed by atoms with Crippen LogP contribution in [-0.4, -0.2) is 14.7 Å². The maximum atomic E-state index is 13.9. The van der Waals surface area contributed by atoms with Gasteiger partial charge in [-0.15, -0.1) is 0 Å². The van der Waals surface area contributed by atoms with E-state index >= 15 is 0 Å². The van der Waals surface area contributed by atoms with Crippen molar-refractivity contribution in [2.45, 2.75) is 33.1 Å². The van der Waals surface area contributed by atoms with Crippen LogP contribution in [0.5, 0.6) is 0 Å². The standard InChI is InChI=1S/C30H25N3O2/c1-18-8-12-21(13-9-18)22-16-25(28-20(3)32-35-27(28)17-22)29-31-26-7-5-4-6-24(26)30(34)33(29)23-14-10-19(2)11-15-23/h4-15,17,25H,16H2,1-3H3. The molecule has 6 rings (SSSR count). The largest absolute Gasteiger partial charge is 0.356 e. The molecule has 0 saturated carbocycles. The van der Waals surface area contributed by atoms with Crippen molar-refractivity contribution in [1.29, 1.82) is 0 Å². The fraction of sp³-hybridized carbons (Fsp3) is 0.167. The SMILES string of the molecule is Cc1ccc(C2=Cc3onc(C)c3C(c3nc4ccccc4c(=O)n3-c3ccc(C)cc3)C2)cc1. The summed E-state index contributed by atoms with van der Waals surface area (Å²) in [5, 5.41) is 4.88. The van der Waals surface area contributed by atoms with Gasteiger partial charge in [-0.3, -0.25) is 9.36 Å². The van der Waals surface area contributed by atoms with Gasteiger partial charge in [0.2, 0.25) is 0 Å². The van der Waals surface area contributed by atoms with Crippen molar-refractivity contribution in [2.24, 2.45) is 0 Å². The fourth-order valence-corrected chi connectivity index (χ4v) is 4.98. The van der Waals surface area contributed by atoms with E-state index in [-0.39, 0.29) is 11.5 Å². The number of hydrogen-bond donors (Lipinski definition) is 0. The second-order valence-electron chi connectivity index (χ2n) is 9.30. The van der Waals surface area contributed by atoms with Crippen LogP contribution in [-0.2, 0) is 0 Å². The average Bonchev–Trinajstić information content (AvgIpc) is 3.25. The van der Waals surface area contributed by atoms with Crippen LogP contribution < -0.4 is 5.56 Å². The molecule has 5 aromatic rings. The van der Waals surface area contributed by atoms with E-state index in [1.54, 1.807) is 4.57 Å². The molecular formula is C30H25N3O2. The molecule has 0 radical (unpaired) electrons. The van der Waals surface area contributed by atoms with Gasteiger partial charge >= 0.3 is 0 Å². The van der Waals surface area contributed by atoms with Crippen LogP contribution in [0.1, 0.15) is 51.9 Å². The first-order valence-corrected chi connectivity index (χ1v) is 11.8. The van der Waals surface area contributed by atoms with Crippen molar-refractivity contribution >= 4 is 22.6 Å². The zero-order chi connectivity index (χ0) is 24.1. The van der Waals surface area contributed by atoms with Crippen LogP contribution in [0.3, 0.4) is 0 Å². The molecule has 5 nitrogen and oxygen atoms in total. The van der Waals surface area contributed by atoms with Gasteiger partial charge in [0.25, 0.3) is 5.56 Å². The topological polar surface area (TPSA) is 60.9 Å². The third-order valence-corrected chi connectivity index (χ3v) is 6.84. The van der Waals surface area contributed by atoms with Crippen LogP contribution >= 0.6 is 0 Å². The average molecular weight is 460 g/mol. The van der Waals surface area contributed by atoms with Crippen LogP contribution in [0.15, 0.2) is 82.1 Å². The molecule has 0 spiro atoms. The van der Waals surface area contributed by atoms with Gasteiger partial charge in [-0.25, -0.2) is 4.98 Å². The number of rotatable bonds is 3. The highest BCUT2D eigenvalue weighted by molar-refractivity contribution is 5.85. The summed E-state index contributed by atoms with van der Waals surface area (Å²) in [5.41, 5.74) is 7.84. The summed E-state index contributed by atoms with van der Waals surface area (Å²) >= 11 is 0. The zero-order valence-corrected chi connectivity index (χ0v) is 19.9. The van der Waals surface area contributed by atoms with Gasteiger partial charge < -0.3 is 4.52 Å². The van der Waals surface area contributed by atoms with Gasteiger partial charge in [-0.1, -0.05) is 64.8 Å². The minimum Gasteiger partial charge on any atom is -0.356 e. The van der Waals surface area contributed by atoms with Gasteiger partial charge in [0.15, 0.2) is 5.76 Å². The minimum absolute atomic E-state index is 0.0726. The van der Waals surface area contributed by atoms with E-state index in [9.17, 15) is 4.79 Å². The highest BCUT2D eigenvalue weighted by Gasteiger charge is 2.33. The number of allylic oxidation sites excluding steroid dienone is 1. The lowest BCUT2D eigenvalue weighted by Crippen LogP contribution is -2.27. The summed E-state index contributed by atoms with van der Waals surface area (Å²) in [6.45, 7) is 6.08. The number of para-hydroxylation sites is 1. The van der Waals surface area contributed by atoms with E-state index in [0.29, 0.717) is 23.1 Å². The summed E-state index contributed by atoms with van der Waals surface area (Å²) < 4.78 is 7.52. The Morgan fingerprint density at radius 3 is 2.31 bits per heavy atom. The fourth-order valence-electron chi connectivity index (χ4n) is 4.98. The number of aryl methyl sites for hydroxylation is 3. The number of benzene rings is 3. The Hall–Kier alpha value is -4.25. The third kappa shape index (κ3) is 3.60. The molecule has 2 aromatic heterocycles. The van der Waals surface area contributed by atoms with Crippen molar-refractivity contribution in [2.75, 3.05) is 0 Å². The summed E-state index contributed by atoms with van der Waals surface area (Å²) in [5.74, 6) is 1.24. The Bertz CT molecular complexity index is 1660. The smallest absolute Gasteiger partial charge is 0.265 e. The molecular weight excluding hydrogens is 434 g/mol. The Morgan fingerprint density at radius 1 is 0.886 bits per heavy atom. The second-order valence-corrected chi connectivity index (χ2v) is 9.30. The van der Waals surface area contributed by atoms with E-state index in [2.05, 4.69) is 42.4 Å². The Balaban J connectivity index is 1.62. The zero-order valence-electron chi connectivity index (χ0n) is 19.9. The van der Waals surface area contributed by atoms with Gasteiger partial charge in [0.05, 0.1) is 28.2 Å². The lowest BCUT2D eigenvalue weighted by Gasteiger charge is -2.25. The van der Waals surface area contributed by atoms with E-state index in [0.717, 1.165) is 39.4 Å². The van der Waals surface area contributed by atoms with E-state index in [4.69, 9.17) is 9.51 Å². The molecule has 0 saturated heterocycles. The quantitative estimate of drug-likeness (QED) is 0.314. The van der Waals surface area contributed by atoms with E-state index in [1.165, 1.54) is 5.56 Å². The van der Waals surface area contributed by atoms with Crippen molar-refractivity contribution < 1.29 is 4.52 Å². The highest BCUT2D eigenvalue weighted by Crippen LogP contribution is 2.43. The molecule has 1 aliphatic rings. The molecule has 0 bridgehead atoms. The number of nitrogens with zero attached hydrogens (tertiary/aromatic N) is 3. The summed E-state index contributed by atoms with van der Waals surface area (Å²) in [7, 11) is 0. The molecule has 0 N–H and O–H groups in total. The van der Waals surface area contributed by atoms with Crippen molar-refractivity contribution in [3.8, 4) is 5.69 Å². The third-order valence-electron chi connectivity index (χ3n) is 6.84. The lowest BCUT2D eigenvalue weighted by atomic mass is 9.82. The maximum absolute atomic E-state index is 13.9. The van der Waals surface area contributed by atoms with Crippen molar-refractivity contribution in [3.63, 3.8) is 0 Å². The molecule has 0 amide bonds. The highest BCUT2D eigenvalue weighted by atomic mass is 16.5. The lowest BCUT2D eigenvalue weighted by molar-refractivity contribution is 0.406. The van der Waals surface area contributed by atoms with Gasteiger partial charge in [0.1, 0.15) is 5.82 Å². The Labute approximate surface area is 203 Å². The Morgan fingerprint density at radius 2 is 1.57 bits per heavy atom. The minimum atomic E-state index is -0.184. The van der Waals surface area contributed by atoms with Crippen LogP contribution in [0.2, 0.25) is 0 Å². The molecule has 1 aliphatic carbocycles. The van der Waals surface area contributed by atoms with Gasteiger partial charge in [-0.2, -0.15) is 0 Å². The molecule has 172 valence electrons. The molecule has 2 heterocycles. The van der Waals surface area contributed by atoms with Crippen LogP contribution in [0, 0.1) is 20.8 Å². The molecule has 1 unspecified atom stereocenters. The van der Waals surface area contributed by atoms with Gasteiger partial charge in [-0.05, 0) is 68.7 Å². The van der Waals surface area contributed by atoms with Crippen LogP contribution in [0.25, 0.3) is 28.2 Å². The van der Waals surface area contributed by atoms with Crippen molar-refractivity contribution in [1.82, 2.24) is 14.7 Å². The normalized spacial score (nSPS) is 15.2. The molecule has 0 aliphatic heterocycles. The first-order chi connectivity index (χ1) is 17.0. The molecule has 0 fully saturated rings. The summed E-state index contributed by atoms with van der Waals surface area (Å²) in [4.78, 5) is 19.0. The summed E-state index contributed by atoms with van der Waals surface area (Å²) in [6.07, 6.45) is 2.76. The molecule has 1 atom stereocenters. The molecule has 35 heavy (non-hydrogen) atoms. The number of fused-ring (bicyclic) bond motifs is 2. The maximum Gasteiger partial charge on any atom is 0.265 e. The Kier molecular flexibility index (Phi) is 4.99. The number of aromatic nitrogens is 3. The molecule has 3 aromatic carbocycles. The first kappa shape index (κ1) is 21.3. The monoisotopic (exact) mass is 459 g/mol. The van der Waals surface area contributed by atoms with Gasteiger partial charge in [0, 0.05) is 5.56 Å². The van der Waals surface area contributed by atoms with Crippen LogP contribution in [0.4, 0.5) is 0 Å². The predicted molar refractivity (Wildman–Crippen MR) is 139 cm³/mol. The first-order valence-electron chi connectivity index (χ1n) is 11.8.